The van der Waals surface area contributed by atoms with Crippen LogP contribution in [0.2, 0.25) is 36.3 Å². The third-order valence-corrected chi connectivity index (χ3v) is 20.8. The first kappa shape index (κ1) is 58.8. The van der Waals surface area contributed by atoms with Crippen LogP contribution in [0, 0.1) is 0 Å². The van der Waals surface area contributed by atoms with Gasteiger partial charge in [0.25, 0.3) is 20.8 Å². The molecule has 6 N–H and O–H groups in total. The molecule has 0 saturated heterocycles. The molecule has 0 radical (unpaired) electrons. The lowest BCUT2D eigenvalue weighted by atomic mass is 10.2. The fourth-order valence-corrected chi connectivity index (χ4v) is 8.17. The normalized spacial score (nSPS) is 11.7. The molecule has 0 spiro atoms. The average molecular weight is 1050 g/mol. The molecule has 71 heavy (non-hydrogen) atoms. The van der Waals surface area contributed by atoms with Gasteiger partial charge in [-0.2, -0.15) is 0 Å². The number of benzene rings is 6. The van der Waals surface area contributed by atoms with Gasteiger partial charge in [-0.1, -0.05) is 108 Å². The number of aldehydes is 1. The van der Waals surface area contributed by atoms with Gasteiger partial charge in [0.2, 0.25) is 16.6 Å². The number of carbonyl (C=O) groups excluding carboxylic acids is 1. The Kier molecular flexibility index (Phi) is 21.1. The van der Waals surface area contributed by atoms with Crippen molar-refractivity contribution in [2.75, 3.05) is 16.4 Å². The van der Waals surface area contributed by atoms with Gasteiger partial charge in [0.15, 0.2) is 6.29 Å². The van der Waals surface area contributed by atoms with Crippen molar-refractivity contribution in [1.29, 1.82) is 0 Å². The van der Waals surface area contributed by atoms with Gasteiger partial charge in [0.05, 0.1) is 5.56 Å². The van der Waals surface area contributed by atoms with Gasteiger partial charge < -0.3 is 52.9 Å². The molecular weight excluding hydrogens is 983 g/mol. The molecular formula is C51H65N3O13S2Si2-2. The Balaban J connectivity index is 0.000000264. The summed E-state index contributed by atoms with van der Waals surface area (Å²) in [4.78, 5) is 10.1. The molecule has 0 aromatic heterocycles. The molecule has 0 heterocycles. The monoisotopic (exact) mass is 1050 g/mol. The van der Waals surface area contributed by atoms with Crippen LogP contribution < -0.4 is 33.6 Å². The van der Waals surface area contributed by atoms with Crippen LogP contribution in [-0.4, -0.2) is 59.1 Å². The van der Waals surface area contributed by atoms with Gasteiger partial charge >= 0.3 is 0 Å². The first-order chi connectivity index (χ1) is 32.9. The van der Waals surface area contributed by atoms with Gasteiger partial charge in [-0.3, -0.25) is 4.79 Å². The van der Waals surface area contributed by atoms with Gasteiger partial charge in [0.1, 0.15) is 34.5 Å². The van der Waals surface area contributed by atoms with Crippen LogP contribution >= 0.6 is 0 Å². The van der Waals surface area contributed by atoms with Crippen LogP contribution in [0.5, 0.6) is 34.5 Å². The van der Waals surface area contributed by atoms with E-state index in [-0.39, 0.29) is 33.9 Å². The number of anilines is 3. The fourth-order valence-electron chi connectivity index (χ4n) is 5.40. The Morgan fingerprint density at radius 3 is 1.44 bits per heavy atom. The third-order valence-electron chi connectivity index (χ3n) is 11.3. The highest BCUT2D eigenvalue weighted by Crippen LogP contribution is 2.39. The van der Waals surface area contributed by atoms with E-state index >= 15 is 0 Å². The summed E-state index contributed by atoms with van der Waals surface area (Å²) < 4.78 is 84.8. The minimum absolute atomic E-state index is 0.0347. The number of aromatic hydroxyl groups is 2. The highest BCUT2D eigenvalue weighted by atomic mass is 32.3. The fraction of sp³-hybridized carbons (Fsp3) is 0.275. The van der Waals surface area contributed by atoms with E-state index in [2.05, 4.69) is 86.7 Å². The molecule has 0 unspecified atom stereocenters. The van der Waals surface area contributed by atoms with Gasteiger partial charge in [-0.05, 0) is 96.9 Å². The summed E-state index contributed by atoms with van der Waals surface area (Å²) in [6.07, 6.45) is 0.620. The van der Waals surface area contributed by atoms with Gasteiger partial charge in [0, 0.05) is 59.5 Å². The quantitative estimate of drug-likeness (QED) is 0.0211. The molecule has 20 heteroatoms. The number of carbonyl (C=O) groups is 1. The van der Waals surface area contributed by atoms with Crippen molar-refractivity contribution in [3.8, 4) is 34.5 Å². The van der Waals surface area contributed by atoms with Crippen molar-refractivity contribution in [2.24, 2.45) is 0 Å². The molecule has 16 nitrogen and oxygen atoms in total. The lowest BCUT2D eigenvalue weighted by Gasteiger charge is -2.36. The molecule has 6 aromatic carbocycles. The van der Waals surface area contributed by atoms with E-state index < -0.39 is 37.4 Å². The van der Waals surface area contributed by atoms with E-state index in [0.29, 0.717) is 35.4 Å². The maximum absolute atomic E-state index is 10.7. The van der Waals surface area contributed by atoms with Crippen molar-refractivity contribution in [3.05, 3.63) is 162 Å². The minimum Gasteiger partial charge on any atom is -0.716 e. The van der Waals surface area contributed by atoms with Crippen LogP contribution in [0.25, 0.3) is 0 Å². The molecule has 0 aliphatic carbocycles. The predicted molar refractivity (Wildman–Crippen MR) is 283 cm³/mol. The van der Waals surface area contributed by atoms with Crippen molar-refractivity contribution in [2.45, 2.75) is 90.9 Å². The summed E-state index contributed by atoms with van der Waals surface area (Å²) in [5, 5.41) is 25.3. The lowest BCUT2D eigenvalue weighted by Crippen LogP contribution is -2.43. The largest absolute Gasteiger partial charge is 0.716 e. The van der Waals surface area contributed by atoms with Crippen molar-refractivity contribution in [1.82, 2.24) is 0 Å². The first-order valence-corrected chi connectivity index (χ1v) is 30.7. The zero-order chi connectivity index (χ0) is 53.3. The first-order valence-electron chi connectivity index (χ1n) is 22.2. The number of nitrogen functional groups attached to an aromatic ring is 1. The summed E-state index contributed by atoms with van der Waals surface area (Å²) in [5.74, 6) is 1.83. The number of hydrogen-bond acceptors (Lipinski definition) is 16. The number of hydrogen-bond donors (Lipinski definition) is 5. The second kappa shape index (κ2) is 25.5. The van der Waals surface area contributed by atoms with Gasteiger partial charge in [-0.15, -0.1) is 0 Å². The number of nitrogens with one attached hydrogen (secondary N) is 2. The smallest absolute Gasteiger partial charge is 0.262 e. The van der Waals surface area contributed by atoms with Crippen LogP contribution in [-0.2, 0) is 33.9 Å². The summed E-state index contributed by atoms with van der Waals surface area (Å²) >= 11 is 0. The molecule has 0 atom stereocenters. The predicted octanol–water partition coefficient (Wildman–Crippen LogP) is 11.2. The third kappa shape index (κ3) is 21.1. The molecule has 0 amide bonds. The Morgan fingerprint density at radius 1 is 0.549 bits per heavy atom. The Labute approximate surface area is 421 Å². The van der Waals surface area contributed by atoms with Crippen molar-refractivity contribution >= 4 is 60.8 Å². The molecule has 0 aliphatic heterocycles. The molecule has 6 aromatic rings. The molecule has 384 valence electrons. The highest BCUT2D eigenvalue weighted by Gasteiger charge is 2.39. The van der Waals surface area contributed by atoms with Crippen LogP contribution in [0.3, 0.4) is 0 Å². The van der Waals surface area contributed by atoms with Crippen molar-refractivity contribution in [3.63, 3.8) is 0 Å². The van der Waals surface area contributed by atoms with E-state index in [0.717, 1.165) is 28.4 Å². The second-order valence-corrected chi connectivity index (χ2v) is 30.4. The molecule has 6 rings (SSSR count). The number of nitrogens with two attached hydrogens (primary N) is 1. The zero-order valence-electron chi connectivity index (χ0n) is 41.6. The van der Waals surface area contributed by atoms with E-state index in [1.807, 2.05) is 66.7 Å². The van der Waals surface area contributed by atoms with E-state index in [1.54, 1.807) is 36.4 Å². The van der Waals surface area contributed by atoms with E-state index in [9.17, 15) is 35.8 Å². The SMILES string of the molecule is CC(C)(C)[Si](C)(C)Oc1cccc(N)c1.CC(C)(C)[Si](C)(C)Oc1cccc(NCc2ccccc2O)c1.O=Cc1ccccc1O.O=S(=O)([O-])Oc1cccc(NCc2ccccc2OS(=O)(=O)[O-])c1. The number of phenols is 2. The lowest BCUT2D eigenvalue weighted by molar-refractivity contribution is 0.112. The maximum atomic E-state index is 10.7. The van der Waals surface area contributed by atoms with Gasteiger partial charge in [-0.25, -0.2) is 16.8 Å². The van der Waals surface area contributed by atoms with Crippen molar-refractivity contribution < 1.29 is 58.2 Å². The topological polar surface area (TPSA) is 259 Å². The second-order valence-electron chi connectivity index (χ2n) is 19.0. The minimum atomic E-state index is -4.91. The van der Waals surface area contributed by atoms with Crippen LogP contribution in [0.4, 0.5) is 17.1 Å². The van der Waals surface area contributed by atoms with Crippen LogP contribution in [0.1, 0.15) is 63.0 Å². The number of phenolic OH excluding ortho intramolecular Hbond substituents is 2. The molecule has 0 fully saturated rings. The summed E-state index contributed by atoms with van der Waals surface area (Å²) in [5.41, 5.74) is 9.45. The standard InChI is InChI=1S/C19H27NO2Si.C13H13NO8S2.C12H21NOSi.C7H6O2/c1-19(2,3)23(4,5)22-17-11-8-10-16(13-17)20-14-15-9-6-7-12-18(15)21;15-23(16,17)21-12-6-3-5-11(8-12)14-9-10-4-1-2-7-13(10)22-24(18,19)20;1-12(2,3)15(4,5)14-11-8-6-7-10(13)9-11;8-5-6-3-1-2-4-7(6)9/h6-13,20-21H,14H2,1-5H3;1-8,14H,9H2,(H,15,16,17)(H,18,19,20);6-9H,13H2,1-5H3;1-5,9H/p-2. The highest BCUT2D eigenvalue weighted by molar-refractivity contribution is 7.81. The molecule has 0 saturated carbocycles. The molecule has 0 bridgehead atoms. The molecule has 0 aliphatic rings. The Hall–Kier alpha value is -6.56. The Morgan fingerprint density at radius 2 is 0.972 bits per heavy atom. The number of rotatable bonds is 15. The van der Waals surface area contributed by atoms with E-state index in [1.165, 1.54) is 42.5 Å². The summed E-state index contributed by atoms with van der Waals surface area (Å²) in [7, 11) is -13.4. The van der Waals surface area contributed by atoms with Crippen LogP contribution in [0.15, 0.2) is 146 Å². The maximum Gasteiger partial charge on any atom is 0.262 e. The summed E-state index contributed by atoms with van der Waals surface area (Å²) in [6.45, 7) is 23.0. The number of para-hydroxylation sites is 3. The summed E-state index contributed by atoms with van der Waals surface area (Å²) in [6, 6.07) is 41.0. The Bertz CT molecular complexity index is 2890. The average Bonchev–Trinajstić information content (AvgIpc) is 3.25. The zero-order valence-corrected chi connectivity index (χ0v) is 45.3. The van der Waals surface area contributed by atoms with E-state index in [4.69, 9.17) is 19.7 Å².